The molecule has 1 aliphatic carbocycles. The lowest BCUT2D eigenvalue weighted by atomic mass is 9.79. The van der Waals surface area contributed by atoms with Gasteiger partial charge in [0.2, 0.25) is 0 Å². The van der Waals surface area contributed by atoms with E-state index in [4.69, 9.17) is 4.74 Å². The maximum atomic E-state index is 6.84. The van der Waals surface area contributed by atoms with Crippen molar-refractivity contribution in [3.05, 3.63) is 136 Å². The number of nitrogens with zero attached hydrogens (tertiary/aromatic N) is 2. The topological polar surface area (TPSA) is 15.7 Å². The summed E-state index contributed by atoms with van der Waals surface area (Å²) < 4.78 is 6.84. The van der Waals surface area contributed by atoms with E-state index < -0.39 is 0 Å². The number of likely N-dealkylation sites (N-methyl/N-ethyl adjacent to an activating group) is 1. The summed E-state index contributed by atoms with van der Waals surface area (Å²) in [6.07, 6.45) is 15.1. The maximum Gasteiger partial charge on any atom is 0.133 e. The molecule has 258 valence electrons. The van der Waals surface area contributed by atoms with Crippen molar-refractivity contribution < 1.29 is 4.74 Å². The van der Waals surface area contributed by atoms with E-state index in [1.54, 1.807) is 0 Å². The van der Waals surface area contributed by atoms with Crippen LogP contribution >= 0.6 is 0 Å². The molecule has 0 aromatic heterocycles. The van der Waals surface area contributed by atoms with Crippen LogP contribution in [0.2, 0.25) is 0 Å². The number of anilines is 2. The zero-order chi connectivity index (χ0) is 35.0. The first-order chi connectivity index (χ1) is 23.4. The van der Waals surface area contributed by atoms with Gasteiger partial charge < -0.3 is 14.5 Å². The van der Waals surface area contributed by atoms with E-state index in [1.807, 2.05) is 0 Å². The molecule has 1 atom stereocenters. The molecule has 49 heavy (non-hydrogen) atoms. The molecule has 3 nitrogen and oxygen atoms in total. The lowest BCUT2D eigenvalue weighted by molar-refractivity contribution is 0.415. The van der Waals surface area contributed by atoms with Crippen LogP contribution in [0.1, 0.15) is 111 Å². The van der Waals surface area contributed by atoms with Gasteiger partial charge in [-0.3, -0.25) is 0 Å². The normalized spacial score (nSPS) is 21.6. The lowest BCUT2D eigenvalue weighted by Gasteiger charge is -2.32. The number of fused-ring (bicyclic) bond motifs is 2. The van der Waals surface area contributed by atoms with Gasteiger partial charge in [0.05, 0.1) is 6.04 Å². The molecule has 6 rings (SSSR count). The van der Waals surface area contributed by atoms with E-state index in [0.29, 0.717) is 0 Å². The summed E-state index contributed by atoms with van der Waals surface area (Å²) in [5.41, 5.74) is 10.9. The smallest absolute Gasteiger partial charge is 0.133 e. The summed E-state index contributed by atoms with van der Waals surface area (Å²) in [5.74, 6) is 1.91. The number of benzene rings is 3. The van der Waals surface area contributed by atoms with Crippen LogP contribution in [0, 0.1) is 0 Å². The Morgan fingerprint density at radius 3 is 2.29 bits per heavy atom. The van der Waals surface area contributed by atoms with E-state index >= 15 is 0 Å². The summed E-state index contributed by atoms with van der Waals surface area (Å²) in [6, 6.07) is 26.7. The third-order valence-electron chi connectivity index (χ3n) is 11.2. The standard InChI is InChI=1S/C46H58N2O/c1-10-12-31-48-40-28-27-35(44(3,4)5)32-38(40)46(8,9)42(48)30-26-34-20-18-19-33(43(34)49-36-21-14-13-15-22-36)25-29-41-45(6,7)37-23-16-17-24-39(37)47(41)11-2/h13-17,21-30,32,41H,10-12,18-20,31H2,1-9H3/b29-25+,34-26+,42-30+. The Kier molecular flexibility index (Phi) is 9.77. The van der Waals surface area contributed by atoms with Crippen LogP contribution in [0.3, 0.4) is 0 Å². The minimum atomic E-state index is -0.102. The van der Waals surface area contributed by atoms with Crippen molar-refractivity contribution in [1.82, 2.24) is 0 Å². The van der Waals surface area contributed by atoms with Crippen LogP contribution in [-0.4, -0.2) is 19.1 Å². The van der Waals surface area contributed by atoms with Gasteiger partial charge in [0.15, 0.2) is 0 Å². The maximum absolute atomic E-state index is 6.84. The number of hydrogen-bond donors (Lipinski definition) is 0. The third-order valence-corrected chi connectivity index (χ3v) is 11.2. The number of ether oxygens (including phenoxy) is 1. The minimum absolute atomic E-state index is 0.0136. The minimum Gasteiger partial charge on any atom is -0.457 e. The van der Waals surface area contributed by atoms with E-state index in [2.05, 4.69) is 169 Å². The van der Waals surface area contributed by atoms with Gasteiger partial charge >= 0.3 is 0 Å². The quantitative estimate of drug-likeness (QED) is 0.228. The average Bonchev–Trinajstić information content (AvgIpc) is 3.43. The Morgan fingerprint density at radius 1 is 0.837 bits per heavy atom. The van der Waals surface area contributed by atoms with Crippen molar-refractivity contribution in [2.75, 3.05) is 22.9 Å². The number of allylic oxidation sites excluding steroid dienone is 6. The van der Waals surface area contributed by atoms with Crippen molar-refractivity contribution in [2.24, 2.45) is 0 Å². The van der Waals surface area contributed by atoms with Crippen LogP contribution < -0.4 is 14.5 Å². The Labute approximate surface area is 297 Å². The van der Waals surface area contributed by atoms with Gasteiger partial charge in [0, 0.05) is 41.0 Å². The fourth-order valence-electron chi connectivity index (χ4n) is 8.22. The van der Waals surface area contributed by atoms with Gasteiger partial charge in [-0.15, -0.1) is 0 Å². The molecule has 0 radical (unpaired) electrons. The summed E-state index contributed by atoms with van der Waals surface area (Å²) >= 11 is 0. The predicted molar refractivity (Wildman–Crippen MR) is 210 cm³/mol. The number of hydrogen-bond acceptors (Lipinski definition) is 3. The third kappa shape index (κ3) is 6.66. The van der Waals surface area contributed by atoms with Gasteiger partial charge in [-0.1, -0.05) is 129 Å². The second kappa shape index (κ2) is 13.7. The molecule has 0 amide bonds. The Hall–Kier alpha value is -3.98. The van der Waals surface area contributed by atoms with Crippen LogP contribution in [0.15, 0.2) is 120 Å². The van der Waals surface area contributed by atoms with Crippen molar-refractivity contribution in [3.8, 4) is 5.75 Å². The number of rotatable bonds is 9. The van der Waals surface area contributed by atoms with Gasteiger partial charge in [-0.25, -0.2) is 0 Å². The Bertz CT molecular complexity index is 1780. The molecule has 0 saturated carbocycles. The van der Waals surface area contributed by atoms with E-state index in [9.17, 15) is 0 Å². The second-order valence-electron chi connectivity index (χ2n) is 16.3. The molecular weight excluding hydrogens is 597 g/mol. The first-order valence-electron chi connectivity index (χ1n) is 18.7. The highest BCUT2D eigenvalue weighted by Gasteiger charge is 2.43. The zero-order valence-electron chi connectivity index (χ0n) is 31.6. The number of unbranched alkanes of at least 4 members (excludes halogenated alkanes) is 1. The summed E-state index contributed by atoms with van der Waals surface area (Å²) in [4.78, 5) is 5.15. The second-order valence-corrected chi connectivity index (χ2v) is 16.3. The molecule has 1 unspecified atom stereocenters. The van der Waals surface area contributed by atoms with Crippen LogP contribution in [0.4, 0.5) is 11.4 Å². The van der Waals surface area contributed by atoms with Crippen molar-refractivity contribution in [1.29, 1.82) is 0 Å². The fourth-order valence-corrected chi connectivity index (χ4v) is 8.22. The van der Waals surface area contributed by atoms with Crippen LogP contribution in [0.25, 0.3) is 0 Å². The molecule has 3 heteroatoms. The number of para-hydroxylation sites is 2. The lowest BCUT2D eigenvalue weighted by Crippen LogP contribution is -2.39. The SMILES string of the molecule is CCCCN1/C(=C/C=C2\CCCC(/C=C/C3N(CC)c4ccccc4C3(C)C)=C2Oc2ccccc2)C(C)(C)c2cc(C(C)(C)C)ccc21. The average molecular weight is 655 g/mol. The molecule has 0 saturated heterocycles. The van der Waals surface area contributed by atoms with Gasteiger partial charge in [0.1, 0.15) is 11.5 Å². The van der Waals surface area contributed by atoms with E-state index in [1.165, 1.54) is 51.3 Å². The summed E-state index contributed by atoms with van der Waals surface area (Å²) in [5, 5.41) is 0. The van der Waals surface area contributed by atoms with Crippen LogP contribution in [-0.2, 0) is 16.2 Å². The van der Waals surface area contributed by atoms with Crippen LogP contribution in [0.5, 0.6) is 5.75 Å². The van der Waals surface area contributed by atoms with Crippen molar-refractivity contribution in [3.63, 3.8) is 0 Å². The first kappa shape index (κ1) is 34.9. The van der Waals surface area contributed by atoms with Crippen molar-refractivity contribution >= 4 is 11.4 Å². The monoisotopic (exact) mass is 654 g/mol. The van der Waals surface area contributed by atoms with Gasteiger partial charge in [-0.2, -0.15) is 0 Å². The molecule has 0 spiro atoms. The fraction of sp³-hybridized carbons (Fsp3) is 0.435. The molecule has 0 fully saturated rings. The van der Waals surface area contributed by atoms with Crippen molar-refractivity contribution in [2.45, 2.75) is 117 Å². The molecule has 2 heterocycles. The molecule has 3 aromatic rings. The largest absolute Gasteiger partial charge is 0.457 e. The summed E-state index contributed by atoms with van der Waals surface area (Å²) in [6.45, 7) is 23.1. The first-order valence-corrected chi connectivity index (χ1v) is 18.7. The zero-order valence-corrected chi connectivity index (χ0v) is 31.6. The van der Waals surface area contributed by atoms with E-state index in [0.717, 1.165) is 50.3 Å². The highest BCUT2D eigenvalue weighted by molar-refractivity contribution is 5.72. The predicted octanol–water partition coefficient (Wildman–Crippen LogP) is 12.0. The molecule has 2 aliphatic heterocycles. The Morgan fingerprint density at radius 2 is 1.57 bits per heavy atom. The molecule has 0 N–H and O–H groups in total. The molecule has 0 bridgehead atoms. The molecule has 3 aromatic carbocycles. The molecular formula is C46H58N2O. The van der Waals surface area contributed by atoms with Gasteiger partial charge in [-0.05, 0) is 96.2 Å². The highest BCUT2D eigenvalue weighted by Crippen LogP contribution is 2.50. The highest BCUT2D eigenvalue weighted by atomic mass is 16.5. The Balaban J connectivity index is 1.42. The molecule has 3 aliphatic rings. The van der Waals surface area contributed by atoms with E-state index in [-0.39, 0.29) is 22.3 Å². The summed E-state index contributed by atoms with van der Waals surface area (Å²) in [7, 11) is 0. The van der Waals surface area contributed by atoms with Gasteiger partial charge in [0.25, 0.3) is 0 Å².